The zero-order valence-corrected chi connectivity index (χ0v) is 10.2. The van der Waals surface area contributed by atoms with Crippen molar-refractivity contribution in [1.82, 2.24) is 5.32 Å². The van der Waals surface area contributed by atoms with E-state index in [9.17, 15) is 18.4 Å². The lowest BCUT2D eigenvalue weighted by molar-refractivity contribution is -0.142. The Morgan fingerprint density at radius 2 is 2.16 bits per heavy atom. The van der Waals surface area contributed by atoms with Crippen LogP contribution in [0.15, 0.2) is 18.2 Å². The van der Waals surface area contributed by atoms with Gasteiger partial charge in [0.25, 0.3) is 5.91 Å². The molecule has 7 heteroatoms. The van der Waals surface area contributed by atoms with Gasteiger partial charge in [-0.15, -0.1) is 0 Å². The Labute approximate surface area is 108 Å². The second kappa shape index (κ2) is 6.67. The zero-order chi connectivity index (χ0) is 14.4. The molecule has 0 saturated carbocycles. The van der Waals surface area contributed by atoms with Crippen LogP contribution in [-0.2, 0) is 9.59 Å². The minimum atomic E-state index is -1.63. The van der Waals surface area contributed by atoms with Crippen molar-refractivity contribution in [2.75, 3.05) is 13.3 Å². The fraction of sp³-hybridized carbons (Fsp3) is 0.333. The molecular weight excluding hydrogens is 260 g/mol. The van der Waals surface area contributed by atoms with Crippen molar-refractivity contribution >= 4 is 11.9 Å². The summed E-state index contributed by atoms with van der Waals surface area (Å²) in [5.41, 5.74) is 0.740. The first kappa shape index (κ1) is 14.9. The van der Waals surface area contributed by atoms with E-state index in [0.29, 0.717) is 0 Å². The third kappa shape index (κ3) is 4.53. The largest absolute Gasteiger partial charge is 0.481 e. The van der Waals surface area contributed by atoms with E-state index < -0.39 is 37.0 Å². The molecule has 1 unspecified atom stereocenters. The van der Waals surface area contributed by atoms with Crippen LogP contribution in [0, 0.1) is 12.7 Å². The van der Waals surface area contributed by atoms with Gasteiger partial charge in [0.1, 0.15) is 6.67 Å². The molecule has 0 fully saturated rings. The summed E-state index contributed by atoms with van der Waals surface area (Å²) in [6.45, 7) is -0.111. The van der Waals surface area contributed by atoms with Crippen molar-refractivity contribution in [3.8, 4) is 5.75 Å². The maximum Gasteiger partial charge on any atom is 0.328 e. The van der Waals surface area contributed by atoms with E-state index in [0.717, 1.165) is 5.56 Å². The molecule has 1 rings (SSSR count). The molecule has 0 heterocycles. The van der Waals surface area contributed by atoms with Gasteiger partial charge in [-0.3, -0.25) is 4.79 Å². The van der Waals surface area contributed by atoms with Gasteiger partial charge in [-0.25, -0.2) is 13.6 Å². The molecule has 0 aliphatic heterocycles. The number of benzene rings is 1. The van der Waals surface area contributed by atoms with E-state index in [1.165, 1.54) is 18.2 Å². The van der Waals surface area contributed by atoms with Gasteiger partial charge in [0.15, 0.2) is 24.2 Å². The molecule has 0 radical (unpaired) electrons. The summed E-state index contributed by atoms with van der Waals surface area (Å²) in [5.74, 6) is -3.09. The van der Waals surface area contributed by atoms with Crippen LogP contribution in [0.25, 0.3) is 0 Å². The monoisotopic (exact) mass is 273 g/mol. The lowest BCUT2D eigenvalue weighted by Crippen LogP contribution is -2.44. The van der Waals surface area contributed by atoms with Gasteiger partial charge < -0.3 is 15.2 Å². The molecule has 0 aliphatic rings. The standard InChI is InChI=1S/C12H13F2NO4/c1-7-2-3-8(14)10(4-7)19-6-11(16)15-9(5-13)12(17)18/h2-4,9H,5-6H2,1H3,(H,15,16)(H,17,18). The molecule has 1 aromatic rings. The fourth-order valence-electron chi connectivity index (χ4n) is 1.27. The second-order valence-corrected chi connectivity index (χ2v) is 3.84. The molecule has 2 N–H and O–H groups in total. The van der Waals surface area contributed by atoms with Crippen molar-refractivity contribution in [3.63, 3.8) is 0 Å². The number of alkyl halides is 1. The van der Waals surface area contributed by atoms with E-state index >= 15 is 0 Å². The number of ether oxygens (including phenoxy) is 1. The fourth-order valence-corrected chi connectivity index (χ4v) is 1.27. The zero-order valence-electron chi connectivity index (χ0n) is 10.2. The number of nitrogens with one attached hydrogen (secondary N) is 1. The van der Waals surface area contributed by atoms with Gasteiger partial charge in [0, 0.05) is 0 Å². The normalized spacial score (nSPS) is 11.7. The lowest BCUT2D eigenvalue weighted by atomic mass is 10.2. The van der Waals surface area contributed by atoms with Gasteiger partial charge in [0.2, 0.25) is 0 Å². The van der Waals surface area contributed by atoms with E-state index in [1.54, 1.807) is 6.92 Å². The highest BCUT2D eigenvalue weighted by Gasteiger charge is 2.19. The Hall–Kier alpha value is -2.18. The average Bonchev–Trinajstić information content (AvgIpc) is 2.36. The van der Waals surface area contributed by atoms with Crippen LogP contribution >= 0.6 is 0 Å². The summed E-state index contributed by atoms with van der Waals surface area (Å²) in [5, 5.41) is 10.4. The van der Waals surface area contributed by atoms with Crippen LogP contribution in [0.1, 0.15) is 5.56 Å². The van der Waals surface area contributed by atoms with Crippen LogP contribution in [-0.4, -0.2) is 36.3 Å². The average molecular weight is 273 g/mol. The Kier molecular flexibility index (Phi) is 5.23. The van der Waals surface area contributed by atoms with Crippen molar-refractivity contribution in [2.24, 2.45) is 0 Å². The summed E-state index contributed by atoms with van der Waals surface area (Å²) in [7, 11) is 0. The van der Waals surface area contributed by atoms with Crippen molar-refractivity contribution < 1.29 is 28.2 Å². The van der Waals surface area contributed by atoms with Gasteiger partial charge >= 0.3 is 5.97 Å². The van der Waals surface area contributed by atoms with E-state index in [4.69, 9.17) is 9.84 Å². The summed E-state index contributed by atoms with van der Waals surface area (Å²) >= 11 is 0. The number of aliphatic carboxylic acids is 1. The number of carboxylic acid groups (broad SMARTS) is 1. The number of halogens is 2. The highest BCUT2D eigenvalue weighted by molar-refractivity contribution is 5.84. The summed E-state index contributed by atoms with van der Waals surface area (Å²) in [6.07, 6.45) is 0. The number of carbonyl (C=O) groups excluding carboxylic acids is 1. The molecule has 104 valence electrons. The number of hydrogen-bond donors (Lipinski definition) is 2. The lowest BCUT2D eigenvalue weighted by Gasteiger charge is -2.12. The first-order valence-electron chi connectivity index (χ1n) is 5.41. The molecule has 1 aromatic carbocycles. The van der Waals surface area contributed by atoms with E-state index in [1.807, 2.05) is 5.32 Å². The highest BCUT2D eigenvalue weighted by atomic mass is 19.1. The predicted octanol–water partition coefficient (Wildman–Crippen LogP) is 1.05. The molecule has 0 aliphatic carbocycles. The quantitative estimate of drug-likeness (QED) is 0.812. The minimum absolute atomic E-state index is 0.123. The Bertz CT molecular complexity index is 479. The number of rotatable bonds is 6. The molecule has 0 saturated heterocycles. The van der Waals surface area contributed by atoms with Gasteiger partial charge in [-0.05, 0) is 24.6 Å². The first-order chi connectivity index (χ1) is 8.93. The number of carbonyl (C=O) groups is 2. The first-order valence-corrected chi connectivity index (χ1v) is 5.41. The van der Waals surface area contributed by atoms with Gasteiger partial charge in [-0.2, -0.15) is 0 Å². The summed E-state index contributed by atoms with van der Waals surface area (Å²) in [6, 6.07) is 2.49. The molecule has 0 spiro atoms. The van der Waals surface area contributed by atoms with Crippen LogP contribution in [0.5, 0.6) is 5.75 Å². The minimum Gasteiger partial charge on any atom is -0.481 e. The highest BCUT2D eigenvalue weighted by Crippen LogP contribution is 2.17. The summed E-state index contributed by atoms with van der Waals surface area (Å²) in [4.78, 5) is 21.8. The maximum atomic E-state index is 13.3. The van der Waals surface area contributed by atoms with E-state index in [-0.39, 0.29) is 5.75 Å². The molecule has 19 heavy (non-hydrogen) atoms. The van der Waals surface area contributed by atoms with Gasteiger partial charge in [-0.1, -0.05) is 6.07 Å². The SMILES string of the molecule is Cc1ccc(F)c(OCC(=O)NC(CF)C(=O)O)c1. The van der Waals surface area contributed by atoms with Crippen LogP contribution in [0.2, 0.25) is 0 Å². The molecule has 5 nitrogen and oxygen atoms in total. The molecule has 1 amide bonds. The molecule has 1 atom stereocenters. The topological polar surface area (TPSA) is 75.6 Å². The van der Waals surface area contributed by atoms with Crippen molar-refractivity contribution in [2.45, 2.75) is 13.0 Å². The molecule has 0 bridgehead atoms. The van der Waals surface area contributed by atoms with Crippen LogP contribution < -0.4 is 10.1 Å². The van der Waals surface area contributed by atoms with E-state index in [2.05, 4.69) is 0 Å². The number of aryl methyl sites for hydroxylation is 1. The van der Waals surface area contributed by atoms with Gasteiger partial charge in [0.05, 0.1) is 0 Å². The van der Waals surface area contributed by atoms with Crippen LogP contribution in [0.3, 0.4) is 0 Å². The molecular formula is C12H13F2NO4. The Morgan fingerprint density at radius 3 is 2.74 bits per heavy atom. The summed E-state index contributed by atoms with van der Waals surface area (Å²) < 4.78 is 30.4. The third-order valence-corrected chi connectivity index (χ3v) is 2.23. The third-order valence-electron chi connectivity index (χ3n) is 2.23. The number of hydrogen-bond acceptors (Lipinski definition) is 3. The maximum absolute atomic E-state index is 13.3. The second-order valence-electron chi connectivity index (χ2n) is 3.84. The predicted molar refractivity (Wildman–Crippen MR) is 62.2 cm³/mol. The Morgan fingerprint density at radius 1 is 1.47 bits per heavy atom. The number of amides is 1. The van der Waals surface area contributed by atoms with Crippen molar-refractivity contribution in [3.05, 3.63) is 29.6 Å². The number of carboxylic acids is 1. The molecule has 0 aromatic heterocycles. The van der Waals surface area contributed by atoms with Crippen LogP contribution in [0.4, 0.5) is 8.78 Å². The Balaban J connectivity index is 2.54. The van der Waals surface area contributed by atoms with Crippen molar-refractivity contribution in [1.29, 1.82) is 0 Å². The smallest absolute Gasteiger partial charge is 0.328 e.